The van der Waals surface area contributed by atoms with E-state index in [2.05, 4.69) is 27.3 Å². The number of fused-ring (bicyclic) bond motifs is 3. The Balaban J connectivity index is 1.23. The second-order valence-corrected chi connectivity index (χ2v) is 9.61. The highest BCUT2D eigenvalue weighted by atomic mass is 32.1. The van der Waals surface area contributed by atoms with Crippen LogP contribution in [0.2, 0.25) is 0 Å². The minimum absolute atomic E-state index is 0.0110. The molecule has 0 spiro atoms. The number of aromatic nitrogens is 2. The summed E-state index contributed by atoms with van der Waals surface area (Å²) in [5.41, 5.74) is 3.18. The quantitative estimate of drug-likeness (QED) is 0.645. The van der Waals surface area contributed by atoms with Crippen molar-refractivity contribution in [1.82, 2.24) is 9.55 Å². The van der Waals surface area contributed by atoms with Crippen LogP contribution in [-0.4, -0.2) is 28.5 Å². The molecule has 1 saturated heterocycles. The van der Waals surface area contributed by atoms with Crippen molar-refractivity contribution in [2.75, 3.05) is 23.3 Å². The first-order valence-corrected chi connectivity index (χ1v) is 12.2. The Bertz CT molecular complexity index is 1140. The van der Waals surface area contributed by atoms with E-state index in [0.29, 0.717) is 6.54 Å². The van der Waals surface area contributed by atoms with Gasteiger partial charge in [0.15, 0.2) is 0 Å². The van der Waals surface area contributed by atoms with Crippen molar-refractivity contribution < 1.29 is 4.79 Å². The van der Waals surface area contributed by atoms with Gasteiger partial charge in [-0.1, -0.05) is 0 Å². The summed E-state index contributed by atoms with van der Waals surface area (Å²) in [6.45, 7) is 2.54. The van der Waals surface area contributed by atoms with Gasteiger partial charge in [-0.2, -0.15) is 0 Å². The van der Waals surface area contributed by atoms with E-state index in [1.807, 2.05) is 12.1 Å². The first-order chi connectivity index (χ1) is 15.2. The number of benzene rings is 1. The molecular weight excluding hydrogens is 408 g/mol. The Morgan fingerprint density at radius 1 is 1.03 bits per heavy atom. The highest BCUT2D eigenvalue weighted by Crippen LogP contribution is 2.33. The number of rotatable bonds is 5. The molecule has 3 heterocycles. The van der Waals surface area contributed by atoms with Crippen molar-refractivity contribution in [3.63, 3.8) is 0 Å². The Morgan fingerprint density at radius 2 is 1.81 bits per heavy atom. The number of thiophene rings is 1. The summed E-state index contributed by atoms with van der Waals surface area (Å²) in [6.07, 6.45) is 9.96. The first kappa shape index (κ1) is 20.2. The van der Waals surface area contributed by atoms with Crippen LogP contribution in [0.25, 0.3) is 10.2 Å². The van der Waals surface area contributed by atoms with E-state index in [-0.39, 0.29) is 17.9 Å². The van der Waals surface area contributed by atoms with Crippen molar-refractivity contribution in [3.8, 4) is 0 Å². The van der Waals surface area contributed by atoms with Gasteiger partial charge in [0.2, 0.25) is 5.91 Å². The molecule has 1 N–H and O–H groups in total. The highest BCUT2D eigenvalue weighted by Gasteiger charge is 2.20. The maximum absolute atomic E-state index is 13.0. The molecule has 0 bridgehead atoms. The zero-order valence-corrected chi connectivity index (χ0v) is 18.5. The number of piperidine rings is 1. The van der Waals surface area contributed by atoms with Crippen LogP contribution in [0.15, 0.2) is 35.4 Å². The smallest absolute Gasteiger partial charge is 0.262 e. The van der Waals surface area contributed by atoms with E-state index in [9.17, 15) is 9.59 Å². The van der Waals surface area contributed by atoms with Crippen molar-refractivity contribution in [1.29, 1.82) is 0 Å². The van der Waals surface area contributed by atoms with Crippen molar-refractivity contribution in [2.45, 2.75) is 57.9 Å². The van der Waals surface area contributed by atoms with Gasteiger partial charge in [0, 0.05) is 42.3 Å². The molecule has 1 fully saturated rings. The maximum atomic E-state index is 13.0. The van der Waals surface area contributed by atoms with Crippen LogP contribution < -0.4 is 15.8 Å². The van der Waals surface area contributed by atoms with Crippen molar-refractivity contribution >= 4 is 38.8 Å². The van der Waals surface area contributed by atoms with Gasteiger partial charge in [-0.3, -0.25) is 14.2 Å². The number of anilines is 2. The van der Waals surface area contributed by atoms with Crippen molar-refractivity contribution in [3.05, 3.63) is 51.4 Å². The predicted octanol–water partition coefficient (Wildman–Crippen LogP) is 4.36. The average Bonchev–Trinajstić information content (AvgIpc) is 3.19. The lowest BCUT2D eigenvalue weighted by atomic mass is 9.97. The fourth-order valence-corrected chi connectivity index (χ4v) is 5.91. The average molecular weight is 437 g/mol. The van der Waals surface area contributed by atoms with Crippen LogP contribution in [-0.2, 0) is 24.2 Å². The van der Waals surface area contributed by atoms with Gasteiger partial charge >= 0.3 is 0 Å². The molecule has 162 valence electrons. The molecule has 6 nitrogen and oxygen atoms in total. The third kappa shape index (κ3) is 4.24. The maximum Gasteiger partial charge on any atom is 0.262 e. The van der Waals surface area contributed by atoms with Crippen LogP contribution in [0, 0.1) is 0 Å². The minimum Gasteiger partial charge on any atom is -0.372 e. The fraction of sp³-hybridized carbons (Fsp3) is 0.458. The fourth-order valence-electron chi connectivity index (χ4n) is 4.69. The summed E-state index contributed by atoms with van der Waals surface area (Å²) in [4.78, 5) is 34.5. The summed E-state index contributed by atoms with van der Waals surface area (Å²) in [5, 5.41) is 3.73. The highest BCUT2D eigenvalue weighted by molar-refractivity contribution is 7.18. The molecule has 1 aromatic carbocycles. The summed E-state index contributed by atoms with van der Waals surface area (Å²) >= 11 is 1.65. The minimum atomic E-state index is -0.0925. The zero-order valence-electron chi connectivity index (χ0n) is 17.7. The molecule has 1 aliphatic carbocycles. The van der Waals surface area contributed by atoms with E-state index < -0.39 is 0 Å². The number of carbonyl (C=O) groups excluding carboxylic acids is 1. The molecule has 3 aromatic rings. The predicted molar refractivity (Wildman–Crippen MR) is 126 cm³/mol. The van der Waals surface area contributed by atoms with Gasteiger partial charge in [0.1, 0.15) is 4.83 Å². The second kappa shape index (κ2) is 8.83. The van der Waals surface area contributed by atoms with Gasteiger partial charge in [-0.05, 0) is 74.8 Å². The topological polar surface area (TPSA) is 67.2 Å². The Hall–Kier alpha value is -2.67. The monoisotopic (exact) mass is 436 g/mol. The summed E-state index contributed by atoms with van der Waals surface area (Å²) in [7, 11) is 0. The molecule has 2 aromatic heterocycles. The Kier molecular flexibility index (Phi) is 5.76. The number of amides is 1. The van der Waals surface area contributed by atoms with Crippen molar-refractivity contribution in [2.24, 2.45) is 0 Å². The van der Waals surface area contributed by atoms with E-state index in [1.54, 1.807) is 22.2 Å². The summed E-state index contributed by atoms with van der Waals surface area (Å²) in [5.74, 6) is -0.0925. The third-order valence-electron chi connectivity index (χ3n) is 6.39. The lowest BCUT2D eigenvalue weighted by Gasteiger charge is -2.28. The normalized spacial score (nSPS) is 16.3. The third-order valence-corrected chi connectivity index (χ3v) is 7.59. The second-order valence-electron chi connectivity index (χ2n) is 8.53. The molecule has 0 saturated carbocycles. The van der Waals surface area contributed by atoms with Crippen LogP contribution >= 0.6 is 11.3 Å². The number of nitrogens with zero attached hydrogens (tertiary/aromatic N) is 3. The number of hydrogen-bond donors (Lipinski definition) is 1. The van der Waals surface area contributed by atoms with E-state index in [0.717, 1.165) is 48.3 Å². The molecule has 1 amide bonds. The molecule has 0 unspecified atom stereocenters. The molecule has 0 atom stereocenters. The van der Waals surface area contributed by atoms with Gasteiger partial charge < -0.3 is 10.2 Å². The number of aryl methyl sites for hydroxylation is 3. The molecular formula is C24H28N4O2S. The van der Waals surface area contributed by atoms with Gasteiger partial charge in [0.05, 0.1) is 11.7 Å². The molecule has 1 aliphatic heterocycles. The van der Waals surface area contributed by atoms with E-state index in [1.165, 1.54) is 41.8 Å². The molecule has 5 rings (SSSR count). The molecule has 0 radical (unpaired) electrons. The van der Waals surface area contributed by atoms with E-state index in [4.69, 9.17) is 0 Å². The van der Waals surface area contributed by atoms with E-state index >= 15 is 0 Å². The lowest BCUT2D eigenvalue weighted by molar-refractivity contribution is -0.116. The summed E-state index contributed by atoms with van der Waals surface area (Å²) < 4.78 is 1.59. The number of hydrogen-bond acceptors (Lipinski definition) is 5. The van der Waals surface area contributed by atoms with Crippen LogP contribution in [0.4, 0.5) is 11.4 Å². The zero-order chi connectivity index (χ0) is 21.2. The lowest BCUT2D eigenvalue weighted by Crippen LogP contribution is -2.29. The van der Waals surface area contributed by atoms with Crippen LogP contribution in [0.5, 0.6) is 0 Å². The van der Waals surface area contributed by atoms with Gasteiger partial charge in [-0.25, -0.2) is 4.98 Å². The Labute approximate surface area is 185 Å². The molecule has 31 heavy (non-hydrogen) atoms. The molecule has 2 aliphatic rings. The van der Waals surface area contributed by atoms with Crippen LogP contribution in [0.1, 0.15) is 49.0 Å². The van der Waals surface area contributed by atoms with Crippen LogP contribution in [0.3, 0.4) is 0 Å². The number of carbonyl (C=O) groups is 1. The first-order valence-electron chi connectivity index (χ1n) is 11.3. The molecule has 7 heteroatoms. The Morgan fingerprint density at radius 3 is 2.61 bits per heavy atom. The standard InChI is InChI=1S/C24H28N4O2S/c29-21(26-17-8-10-18(11-9-17)27-13-4-1-5-14-27)12-15-28-16-25-23-22(24(28)30)19-6-2-3-7-20(19)31-23/h8-11,16H,1-7,12-15H2,(H,26,29). The summed E-state index contributed by atoms with van der Waals surface area (Å²) in [6, 6.07) is 8.06. The number of nitrogens with one attached hydrogen (secondary N) is 1. The SMILES string of the molecule is O=C(CCn1cnc2sc3c(c2c1=O)CCCC3)Nc1ccc(N2CCCCC2)cc1. The van der Waals surface area contributed by atoms with Gasteiger partial charge in [0.25, 0.3) is 5.56 Å². The van der Waals surface area contributed by atoms with Gasteiger partial charge in [-0.15, -0.1) is 11.3 Å². The largest absolute Gasteiger partial charge is 0.372 e.